The predicted octanol–water partition coefficient (Wildman–Crippen LogP) is 5.14. The SMILES string of the molecule is C=C(/C=C\C(C)=C/C(C)CC)C(C)CC. The van der Waals surface area contributed by atoms with Crippen LogP contribution >= 0.6 is 0 Å². The third-order valence-corrected chi connectivity index (χ3v) is 3.00. The van der Waals surface area contributed by atoms with Gasteiger partial charge in [-0.2, -0.15) is 0 Å². The Bertz CT molecular complexity index is 243. The summed E-state index contributed by atoms with van der Waals surface area (Å²) in [5.74, 6) is 1.27. The molecule has 0 aliphatic carbocycles. The van der Waals surface area contributed by atoms with Crippen LogP contribution in [0.15, 0.2) is 36.0 Å². The molecule has 86 valence electrons. The Morgan fingerprint density at radius 1 is 1.13 bits per heavy atom. The van der Waals surface area contributed by atoms with E-state index in [-0.39, 0.29) is 0 Å². The van der Waals surface area contributed by atoms with Gasteiger partial charge in [0.1, 0.15) is 0 Å². The van der Waals surface area contributed by atoms with Gasteiger partial charge in [-0.3, -0.25) is 0 Å². The molecule has 0 aromatic rings. The number of hydrogen-bond acceptors (Lipinski definition) is 0. The third-order valence-electron chi connectivity index (χ3n) is 3.00. The minimum atomic E-state index is 0.595. The molecule has 2 atom stereocenters. The first kappa shape index (κ1) is 14.2. The molecule has 0 spiro atoms. The van der Waals surface area contributed by atoms with Crippen LogP contribution in [0.4, 0.5) is 0 Å². The topological polar surface area (TPSA) is 0 Å². The zero-order valence-corrected chi connectivity index (χ0v) is 11.0. The Morgan fingerprint density at radius 2 is 1.73 bits per heavy atom. The Hall–Kier alpha value is -0.780. The molecule has 0 aliphatic rings. The van der Waals surface area contributed by atoms with E-state index in [1.54, 1.807) is 0 Å². The molecule has 0 nitrogen and oxygen atoms in total. The van der Waals surface area contributed by atoms with E-state index in [0.717, 1.165) is 6.42 Å². The lowest BCUT2D eigenvalue weighted by Crippen LogP contribution is -1.93. The standard InChI is InChI=1S/C15H26/c1-7-12(3)11-13(4)9-10-15(6)14(5)8-2/h9-12,14H,6-8H2,1-5H3/b10-9-,13-11-. The van der Waals surface area contributed by atoms with Crippen LogP contribution in [0.1, 0.15) is 47.5 Å². The van der Waals surface area contributed by atoms with Gasteiger partial charge in [0.05, 0.1) is 0 Å². The first-order valence-corrected chi connectivity index (χ1v) is 6.06. The number of hydrogen-bond donors (Lipinski definition) is 0. The summed E-state index contributed by atoms with van der Waals surface area (Å²) in [6.45, 7) is 15.1. The van der Waals surface area contributed by atoms with Gasteiger partial charge in [-0.05, 0) is 25.2 Å². The summed E-state index contributed by atoms with van der Waals surface area (Å²) < 4.78 is 0. The van der Waals surface area contributed by atoms with E-state index < -0.39 is 0 Å². The molecule has 0 saturated heterocycles. The summed E-state index contributed by atoms with van der Waals surface area (Å²) in [4.78, 5) is 0. The van der Waals surface area contributed by atoms with Crippen molar-refractivity contribution in [2.75, 3.05) is 0 Å². The maximum atomic E-state index is 4.08. The molecule has 15 heavy (non-hydrogen) atoms. The highest BCUT2D eigenvalue weighted by Crippen LogP contribution is 2.15. The van der Waals surface area contributed by atoms with Gasteiger partial charge in [-0.15, -0.1) is 0 Å². The van der Waals surface area contributed by atoms with Crippen molar-refractivity contribution in [2.24, 2.45) is 11.8 Å². The highest BCUT2D eigenvalue weighted by Gasteiger charge is 1.99. The van der Waals surface area contributed by atoms with Crippen molar-refractivity contribution < 1.29 is 0 Å². The average Bonchev–Trinajstić information content (AvgIpc) is 2.24. The molecular weight excluding hydrogens is 180 g/mol. The van der Waals surface area contributed by atoms with Crippen molar-refractivity contribution in [3.8, 4) is 0 Å². The minimum absolute atomic E-state index is 0.595. The number of rotatable bonds is 6. The van der Waals surface area contributed by atoms with E-state index in [2.05, 4.69) is 59.4 Å². The molecule has 0 heterocycles. The van der Waals surface area contributed by atoms with Crippen molar-refractivity contribution >= 4 is 0 Å². The third kappa shape index (κ3) is 6.33. The van der Waals surface area contributed by atoms with E-state index in [1.807, 2.05) is 0 Å². The summed E-state index contributed by atoms with van der Waals surface area (Å²) in [5.41, 5.74) is 2.57. The van der Waals surface area contributed by atoms with E-state index in [1.165, 1.54) is 17.6 Å². The largest absolute Gasteiger partial charge is 0.0956 e. The van der Waals surface area contributed by atoms with Crippen LogP contribution in [0.25, 0.3) is 0 Å². The lowest BCUT2D eigenvalue weighted by molar-refractivity contribution is 0.672. The molecular formula is C15H26. The summed E-state index contributed by atoms with van der Waals surface area (Å²) >= 11 is 0. The second-order valence-electron chi connectivity index (χ2n) is 4.51. The first-order valence-electron chi connectivity index (χ1n) is 6.06. The maximum Gasteiger partial charge on any atom is -0.0199 e. The summed E-state index contributed by atoms with van der Waals surface area (Å²) in [6.07, 6.45) is 9.03. The number of allylic oxidation sites excluding steroid dienone is 5. The minimum Gasteiger partial charge on any atom is -0.0956 e. The lowest BCUT2D eigenvalue weighted by atomic mass is 9.98. The Balaban J connectivity index is 4.28. The Kier molecular flexibility index (Phi) is 7.11. The van der Waals surface area contributed by atoms with E-state index in [9.17, 15) is 0 Å². The molecule has 0 heteroatoms. The van der Waals surface area contributed by atoms with Crippen molar-refractivity contribution in [2.45, 2.75) is 47.5 Å². The van der Waals surface area contributed by atoms with E-state index in [0.29, 0.717) is 11.8 Å². The molecule has 2 unspecified atom stereocenters. The van der Waals surface area contributed by atoms with E-state index >= 15 is 0 Å². The van der Waals surface area contributed by atoms with Crippen molar-refractivity contribution in [3.05, 3.63) is 36.0 Å². The fourth-order valence-electron chi connectivity index (χ4n) is 1.29. The van der Waals surface area contributed by atoms with Crippen molar-refractivity contribution in [3.63, 3.8) is 0 Å². The molecule has 0 N–H and O–H groups in total. The first-order chi connectivity index (χ1) is 7.01. The lowest BCUT2D eigenvalue weighted by Gasteiger charge is -2.07. The summed E-state index contributed by atoms with van der Waals surface area (Å²) in [5, 5.41) is 0. The van der Waals surface area contributed by atoms with Gasteiger partial charge in [0.15, 0.2) is 0 Å². The quantitative estimate of drug-likeness (QED) is 0.528. The monoisotopic (exact) mass is 206 g/mol. The Morgan fingerprint density at radius 3 is 2.20 bits per heavy atom. The summed E-state index contributed by atoms with van der Waals surface area (Å²) in [6, 6.07) is 0. The van der Waals surface area contributed by atoms with Crippen molar-refractivity contribution in [1.29, 1.82) is 0 Å². The van der Waals surface area contributed by atoms with Crippen molar-refractivity contribution in [1.82, 2.24) is 0 Å². The Labute approximate surface area is 95.8 Å². The highest BCUT2D eigenvalue weighted by atomic mass is 14.0. The fraction of sp³-hybridized carbons (Fsp3) is 0.600. The van der Waals surface area contributed by atoms with Gasteiger partial charge in [-0.1, -0.05) is 70.1 Å². The molecule has 0 saturated carbocycles. The van der Waals surface area contributed by atoms with Crippen LogP contribution < -0.4 is 0 Å². The fourth-order valence-corrected chi connectivity index (χ4v) is 1.29. The van der Waals surface area contributed by atoms with Gasteiger partial charge in [0.25, 0.3) is 0 Å². The van der Waals surface area contributed by atoms with Gasteiger partial charge >= 0.3 is 0 Å². The highest BCUT2D eigenvalue weighted by molar-refractivity contribution is 5.26. The van der Waals surface area contributed by atoms with Gasteiger partial charge in [0, 0.05) is 0 Å². The maximum absolute atomic E-state index is 4.08. The van der Waals surface area contributed by atoms with Gasteiger partial charge < -0.3 is 0 Å². The van der Waals surface area contributed by atoms with Crippen LogP contribution in [-0.2, 0) is 0 Å². The molecule has 0 amide bonds. The summed E-state index contributed by atoms with van der Waals surface area (Å²) in [7, 11) is 0. The second-order valence-corrected chi connectivity index (χ2v) is 4.51. The molecule has 0 fully saturated rings. The molecule has 0 aliphatic heterocycles. The molecule has 0 aromatic heterocycles. The second kappa shape index (κ2) is 7.50. The average molecular weight is 206 g/mol. The van der Waals surface area contributed by atoms with E-state index in [4.69, 9.17) is 0 Å². The zero-order valence-electron chi connectivity index (χ0n) is 11.0. The van der Waals surface area contributed by atoms with Crippen LogP contribution in [-0.4, -0.2) is 0 Å². The zero-order chi connectivity index (χ0) is 11.8. The van der Waals surface area contributed by atoms with Gasteiger partial charge in [-0.25, -0.2) is 0 Å². The van der Waals surface area contributed by atoms with Crippen LogP contribution in [0.3, 0.4) is 0 Å². The normalized spacial score (nSPS) is 16.7. The molecule has 0 bridgehead atoms. The smallest absolute Gasteiger partial charge is 0.0199 e. The molecule has 0 radical (unpaired) electrons. The molecule has 0 aromatic carbocycles. The molecule has 0 rings (SSSR count). The van der Waals surface area contributed by atoms with Gasteiger partial charge in [0.2, 0.25) is 0 Å². The van der Waals surface area contributed by atoms with Crippen LogP contribution in [0.5, 0.6) is 0 Å². The van der Waals surface area contributed by atoms with Crippen LogP contribution in [0.2, 0.25) is 0 Å². The predicted molar refractivity (Wildman–Crippen MR) is 70.9 cm³/mol. The van der Waals surface area contributed by atoms with Crippen LogP contribution in [0, 0.1) is 11.8 Å².